The minimum Gasteiger partial charge on any atom is -0.370 e. The van der Waals surface area contributed by atoms with E-state index in [0.717, 1.165) is 13.1 Å². The Morgan fingerprint density at radius 2 is 2.10 bits per heavy atom. The minimum absolute atomic E-state index is 0.535. The molecule has 1 saturated heterocycles. The summed E-state index contributed by atoms with van der Waals surface area (Å²) in [5.74, 6) is 0. The van der Waals surface area contributed by atoms with E-state index in [0.29, 0.717) is 12.1 Å². The van der Waals surface area contributed by atoms with Crippen molar-refractivity contribution in [1.29, 1.82) is 0 Å². The fourth-order valence-corrected chi connectivity index (χ4v) is 3.10. The van der Waals surface area contributed by atoms with Gasteiger partial charge in [-0.05, 0) is 51.1 Å². The second kappa shape index (κ2) is 7.28. The van der Waals surface area contributed by atoms with Crippen LogP contribution in [-0.4, -0.2) is 44.2 Å². The molecule has 1 aliphatic rings. The highest BCUT2D eigenvalue weighted by atomic mass is 15.2. The van der Waals surface area contributed by atoms with Gasteiger partial charge in [0.15, 0.2) is 0 Å². The molecule has 1 fully saturated rings. The normalized spacial score (nSPS) is 19.6. The first kappa shape index (κ1) is 16.3. The molecule has 1 aromatic rings. The second-order valence-electron chi connectivity index (χ2n) is 6.86. The summed E-state index contributed by atoms with van der Waals surface area (Å²) >= 11 is 0. The van der Waals surface area contributed by atoms with Crippen molar-refractivity contribution in [1.82, 2.24) is 10.2 Å². The third kappa shape index (κ3) is 4.45. The van der Waals surface area contributed by atoms with Gasteiger partial charge in [-0.15, -0.1) is 0 Å². The standard InChI is InChI=1S/C18H31N3/c1-14(2)19-12-16-8-9-18(15(3)11-16)21-10-6-7-17(13-21)20(4)5/h8-9,11,14,17,19H,6-7,10,12-13H2,1-5H3. The van der Waals surface area contributed by atoms with E-state index in [1.807, 2.05) is 0 Å². The Morgan fingerprint density at radius 1 is 1.33 bits per heavy atom. The van der Waals surface area contributed by atoms with Crippen LogP contribution in [0.25, 0.3) is 0 Å². The van der Waals surface area contributed by atoms with Crippen LogP contribution in [-0.2, 0) is 6.54 Å². The number of nitrogens with one attached hydrogen (secondary N) is 1. The van der Waals surface area contributed by atoms with Gasteiger partial charge in [-0.2, -0.15) is 0 Å². The lowest BCUT2D eigenvalue weighted by Gasteiger charge is -2.38. The van der Waals surface area contributed by atoms with Crippen LogP contribution in [0, 0.1) is 6.92 Å². The van der Waals surface area contributed by atoms with Crippen molar-refractivity contribution < 1.29 is 0 Å². The van der Waals surface area contributed by atoms with Crippen LogP contribution < -0.4 is 10.2 Å². The van der Waals surface area contributed by atoms with Crippen LogP contribution in [0.4, 0.5) is 5.69 Å². The van der Waals surface area contributed by atoms with Gasteiger partial charge in [-0.25, -0.2) is 0 Å². The fraction of sp³-hybridized carbons (Fsp3) is 0.667. The van der Waals surface area contributed by atoms with E-state index in [1.54, 1.807) is 0 Å². The molecule has 0 bridgehead atoms. The zero-order chi connectivity index (χ0) is 15.4. The molecule has 1 unspecified atom stereocenters. The topological polar surface area (TPSA) is 18.5 Å². The summed E-state index contributed by atoms with van der Waals surface area (Å²) in [6, 6.07) is 8.14. The largest absolute Gasteiger partial charge is 0.370 e. The fourth-order valence-electron chi connectivity index (χ4n) is 3.10. The van der Waals surface area contributed by atoms with Crippen LogP contribution in [0.15, 0.2) is 18.2 Å². The third-order valence-electron chi connectivity index (χ3n) is 4.44. The van der Waals surface area contributed by atoms with Gasteiger partial charge in [0.1, 0.15) is 0 Å². The second-order valence-corrected chi connectivity index (χ2v) is 6.86. The van der Waals surface area contributed by atoms with Crippen molar-refractivity contribution in [3.8, 4) is 0 Å². The number of anilines is 1. The molecule has 0 radical (unpaired) electrons. The molecular formula is C18H31N3. The molecule has 1 aliphatic heterocycles. The molecule has 1 heterocycles. The number of benzene rings is 1. The highest BCUT2D eigenvalue weighted by Crippen LogP contribution is 2.26. The van der Waals surface area contributed by atoms with Crippen LogP contribution in [0.3, 0.4) is 0 Å². The minimum atomic E-state index is 0.535. The van der Waals surface area contributed by atoms with Crippen molar-refractivity contribution >= 4 is 5.69 Å². The number of nitrogens with zero attached hydrogens (tertiary/aromatic N) is 2. The summed E-state index contributed by atoms with van der Waals surface area (Å²) in [5.41, 5.74) is 4.19. The average Bonchev–Trinajstić information content (AvgIpc) is 2.45. The van der Waals surface area contributed by atoms with E-state index in [2.05, 4.69) is 68.2 Å². The van der Waals surface area contributed by atoms with E-state index < -0.39 is 0 Å². The van der Waals surface area contributed by atoms with Gasteiger partial charge >= 0.3 is 0 Å². The van der Waals surface area contributed by atoms with Crippen LogP contribution >= 0.6 is 0 Å². The molecule has 0 saturated carbocycles. The van der Waals surface area contributed by atoms with Gasteiger partial charge < -0.3 is 15.1 Å². The van der Waals surface area contributed by atoms with Crippen LogP contribution in [0.1, 0.15) is 37.8 Å². The molecule has 1 aromatic carbocycles. The van der Waals surface area contributed by atoms with E-state index >= 15 is 0 Å². The molecule has 0 spiro atoms. The SMILES string of the molecule is Cc1cc(CNC(C)C)ccc1N1CCCC(N(C)C)C1. The van der Waals surface area contributed by atoms with Gasteiger partial charge in [0, 0.05) is 37.4 Å². The molecular weight excluding hydrogens is 258 g/mol. The van der Waals surface area contributed by atoms with Crippen LogP contribution in [0.2, 0.25) is 0 Å². The average molecular weight is 289 g/mol. The molecule has 2 rings (SSSR count). The number of hydrogen-bond donors (Lipinski definition) is 1. The molecule has 1 atom stereocenters. The summed E-state index contributed by atoms with van der Waals surface area (Å²) in [7, 11) is 4.39. The summed E-state index contributed by atoms with van der Waals surface area (Å²) in [6.07, 6.45) is 2.61. The molecule has 21 heavy (non-hydrogen) atoms. The van der Waals surface area contributed by atoms with E-state index in [-0.39, 0.29) is 0 Å². The molecule has 118 valence electrons. The number of rotatable bonds is 5. The first-order valence-electron chi connectivity index (χ1n) is 8.21. The Balaban J connectivity index is 2.06. The molecule has 1 N–H and O–H groups in total. The lowest BCUT2D eigenvalue weighted by Crippen LogP contribution is -2.45. The van der Waals surface area contributed by atoms with Crippen molar-refractivity contribution in [2.24, 2.45) is 0 Å². The monoisotopic (exact) mass is 289 g/mol. The van der Waals surface area contributed by atoms with Gasteiger partial charge in [0.25, 0.3) is 0 Å². The highest BCUT2D eigenvalue weighted by Gasteiger charge is 2.22. The summed E-state index contributed by atoms with van der Waals surface area (Å²) < 4.78 is 0. The number of likely N-dealkylation sites (N-methyl/N-ethyl adjacent to an activating group) is 1. The van der Waals surface area contributed by atoms with Gasteiger partial charge in [-0.3, -0.25) is 0 Å². The van der Waals surface area contributed by atoms with Crippen molar-refractivity contribution in [2.45, 2.75) is 52.2 Å². The Labute approximate surface area is 130 Å². The number of piperidine rings is 1. The van der Waals surface area contributed by atoms with E-state index in [4.69, 9.17) is 0 Å². The predicted molar refractivity (Wildman–Crippen MR) is 92.1 cm³/mol. The molecule has 3 heteroatoms. The first-order chi connectivity index (χ1) is 9.97. The third-order valence-corrected chi connectivity index (χ3v) is 4.44. The van der Waals surface area contributed by atoms with Gasteiger partial charge in [-0.1, -0.05) is 26.0 Å². The van der Waals surface area contributed by atoms with Gasteiger partial charge in [0.2, 0.25) is 0 Å². The maximum absolute atomic E-state index is 3.49. The lowest BCUT2D eigenvalue weighted by molar-refractivity contribution is 0.258. The number of aryl methyl sites for hydroxylation is 1. The Morgan fingerprint density at radius 3 is 2.71 bits per heavy atom. The zero-order valence-electron chi connectivity index (χ0n) is 14.3. The van der Waals surface area contributed by atoms with E-state index in [9.17, 15) is 0 Å². The Kier molecular flexibility index (Phi) is 5.65. The van der Waals surface area contributed by atoms with Gasteiger partial charge in [0.05, 0.1) is 0 Å². The molecule has 0 aliphatic carbocycles. The number of hydrogen-bond acceptors (Lipinski definition) is 3. The smallest absolute Gasteiger partial charge is 0.0396 e. The Bertz CT molecular complexity index is 454. The summed E-state index contributed by atoms with van der Waals surface area (Å²) in [4.78, 5) is 4.92. The van der Waals surface area contributed by atoms with Crippen molar-refractivity contribution in [3.63, 3.8) is 0 Å². The summed E-state index contributed by atoms with van der Waals surface area (Å²) in [6.45, 7) is 9.92. The maximum Gasteiger partial charge on any atom is 0.0396 e. The van der Waals surface area contributed by atoms with Crippen LogP contribution in [0.5, 0.6) is 0 Å². The highest BCUT2D eigenvalue weighted by molar-refractivity contribution is 5.55. The molecule has 0 amide bonds. The lowest BCUT2D eigenvalue weighted by atomic mass is 10.0. The van der Waals surface area contributed by atoms with E-state index in [1.165, 1.54) is 36.2 Å². The Hall–Kier alpha value is -1.06. The predicted octanol–water partition coefficient (Wildman–Crippen LogP) is 3.02. The maximum atomic E-state index is 3.49. The molecule has 3 nitrogen and oxygen atoms in total. The quantitative estimate of drug-likeness (QED) is 0.899. The van der Waals surface area contributed by atoms with Crippen molar-refractivity contribution in [2.75, 3.05) is 32.1 Å². The first-order valence-corrected chi connectivity index (χ1v) is 8.21. The van der Waals surface area contributed by atoms with Crippen molar-refractivity contribution in [3.05, 3.63) is 29.3 Å². The summed E-state index contributed by atoms with van der Waals surface area (Å²) in [5, 5.41) is 3.49. The molecule has 0 aromatic heterocycles. The zero-order valence-corrected chi connectivity index (χ0v) is 14.3.